The molecule has 0 radical (unpaired) electrons. The molecule has 0 spiro atoms. The molecule has 208 valence electrons. The number of nitrogens with two attached hydrogens (primary N) is 1. The zero-order valence-corrected chi connectivity index (χ0v) is 21.1. The van der Waals surface area contributed by atoms with E-state index in [0.29, 0.717) is 22.1 Å². The van der Waals surface area contributed by atoms with Crippen LogP contribution in [0.15, 0.2) is 60.4 Å². The number of aliphatic hydroxyl groups is 3. The minimum absolute atomic E-state index is 0.0699. The Morgan fingerprint density at radius 2 is 1.73 bits per heavy atom. The van der Waals surface area contributed by atoms with E-state index in [9.17, 15) is 29.7 Å². The molecule has 0 bridgehead atoms. The van der Waals surface area contributed by atoms with Crippen molar-refractivity contribution in [3.63, 3.8) is 0 Å². The molecular formula is C28H26N2O10. The summed E-state index contributed by atoms with van der Waals surface area (Å²) in [5.41, 5.74) is 7.28. The van der Waals surface area contributed by atoms with Crippen molar-refractivity contribution < 1.29 is 48.7 Å². The second kappa shape index (κ2) is 10.9. The summed E-state index contributed by atoms with van der Waals surface area (Å²) in [6.45, 7) is -0.596. The monoisotopic (exact) mass is 550 g/mol. The molecule has 2 aliphatic rings. The zero-order valence-electron chi connectivity index (χ0n) is 21.1. The van der Waals surface area contributed by atoms with Crippen LogP contribution in [0, 0.1) is 0 Å². The smallest absolute Gasteiger partial charge is 0.415 e. The lowest BCUT2D eigenvalue weighted by atomic mass is 9.85. The number of rotatable bonds is 6. The summed E-state index contributed by atoms with van der Waals surface area (Å²) in [6, 6.07) is 15.3. The summed E-state index contributed by atoms with van der Waals surface area (Å²) in [5, 5.41) is 34.5. The lowest BCUT2D eigenvalue weighted by Gasteiger charge is -2.40. The van der Waals surface area contributed by atoms with Gasteiger partial charge in [0.1, 0.15) is 36.8 Å². The fraction of sp³-hybridized carbons (Fsp3) is 0.250. The number of methoxy groups -OCH3 is 1. The molecule has 6 N–H and O–H groups in total. The summed E-state index contributed by atoms with van der Waals surface area (Å²) in [5.74, 6) is -0.0455. The van der Waals surface area contributed by atoms with Crippen LogP contribution in [0.4, 0.5) is 9.59 Å². The first kappa shape index (κ1) is 27.1. The third-order valence-electron chi connectivity index (χ3n) is 6.73. The van der Waals surface area contributed by atoms with Gasteiger partial charge in [0.25, 0.3) is 0 Å². The Kier molecular flexibility index (Phi) is 7.41. The number of primary amides is 1. The van der Waals surface area contributed by atoms with Crippen LogP contribution in [0.1, 0.15) is 15.9 Å². The lowest BCUT2D eigenvalue weighted by molar-refractivity contribution is -0.277. The van der Waals surface area contributed by atoms with E-state index < -0.39 is 49.4 Å². The summed E-state index contributed by atoms with van der Waals surface area (Å²) < 4.78 is 21.9. The number of ether oxygens (including phenoxy) is 4. The van der Waals surface area contributed by atoms with E-state index in [0.717, 1.165) is 10.9 Å². The average molecular weight is 551 g/mol. The number of nitrogens with one attached hydrogen (secondary N) is 1. The molecule has 0 unspecified atom stereocenters. The molecule has 1 aliphatic carbocycles. The SMILES string of the molecule is COC1=Cc2c(O[C@@H]3O[C@H](COC(=O)NC(N)=O)[C@@H](O)[C@H](O)[C@H]3O)ccc3ccc(-c4ccccc4)c(c23)C1=O. The van der Waals surface area contributed by atoms with Crippen molar-refractivity contribution in [1.29, 1.82) is 0 Å². The highest BCUT2D eigenvalue weighted by atomic mass is 16.7. The third kappa shape index (κ3) is 4.96. The highest BCUT2D eigenvalue weighted by molar-refractivity contribution is 6.25. The van der Waals surface area contributed by atoms with Crippen LogP contribution in [0.25, 0.3) is 28.0 Å². The summed E-state index contributed by atoms with van der Waals surface area (Å²) in [7, 11) is 1.38. The van der Waals surface area contributed by atoms with Crippen molar-refractivity contribution in [3.8, 4) is 16.9 Å². The first-order valence-corrected chi connectivity index (χ1v) is 12.2. The fourth-order valence-electron chi connectivity index (χ4n) is 4.81. The van der Waals surface area contributed by atoms with Crippen molar-refractivity contribution in [3.05, 3.63) is 71.5 Å². The van der Waals surface area contributed by atoms with Gasteiger partial charge in [0, 0.05) is 16.5 Å². The lowest BCUT2D eigenvalue weighted by Crippen LogP contribution is -2.60. The Morgan fingerprint density at radius 1 is 1.00 bits per heavy atom. The van der Waals surface area contributed by atoms with Gasteiger partial charge in [-0.3, -0.25) is 4.79 Å². The molecule has 1 saturated heterocycles. The number of ketones is 1. The number of imide groups is 1. The number of hydrogen-bond donors (Lipinski definition) is 5. The molecule has 5 atom stereocenters. The Labute approximate surface area is 227 Å². The first-order valence-electron chi connectivity index (χ1n) is 12.2. The normalized spacial score (nSPS) is 23.8. The average Bonchev–Trinajstić information content (AvgIpc) is 2.95. The van der Waals surface area contributed by atoms with E-state index in [-0.39, 0.29) is 17.3 Å². The molecular weight excluding hydrogens is 524 g/mol. The molecule has 0 saturated carbocycles. The Balaban J connectivity index is 1.51. The molecule has 12 heteroatoms. The molecule has 1 heterocycles. The second-order valence-corrected chi connectivity index (χ2v) is 9.19. The largest absolute Gasteiger partial charge is 0.493 e. The van der Waals surface area contributed by atoms with Crippen LogP contribution in [-0.2, 0) is 14.2 Å². The number of benzene rings is 3. The highest BCUT2D eigenvalue weighted by Gasteiger charge is 2.46. The quantitative estimate of drug-likeness (QED) is 0.302. The minimum atomic E-state index is -1.73. The summed E-state index contributed by atoms with van der Waals surface area (Å²) >= 11 is 0. The third-order valence-corrected chi connectivity index (χ3v) is 6.73. The summed E-state index contributed by atoms with van der Waals surface area (Å²) in [6.07, 6.45) is -7.58. The predicted molar refractivity (Wildman–Crippen MR) is 140 cm³/mol. The maximum absolute atomic E-state index is 13.5. The Bertz CT molecular complexity index is 1510. The number of allylic oxidation sites excluding steroid dienone is 1. The number of urea groups is 1. The van der Waals surface area contributed by atoms with Gasteiger partial charge in [0.15, 0.2) is 5.76 Å². The van der Waals surface area contributed by atoms with Gasteiger partial charge in [-0.15, -0.1) is 0 Å². The maximum Gasteiger partial charge on any atom is 0.415 e. The standard InChI is InChI=1S/C28H26N2O10/c1-37-18-11-16-17(39-26-25(34)24(33)23(32)19(40-26)12-38-28(36)30-27(29)35)10-8-14-7-9-15(13-5-3-2-4-6-13)21(20(14)16)22(18)31/h2-11,19,23-26,32-34H,12H2,1H3,(H3,29,30,35,36)/t19-,23-,24+,25-,26-/m1/s1. The number of carbonyl (C=O) groups is 3. The van der Waals surface area contributed by atoms with Gasteiger partial charge in [-0.1, -0.05) is 48.5 Å². The van der Waals surface area contributed by atoms with Gasteiger partial charge in [-0.2, -0.15) is 0 Å². The van der Waals surface area contributed by atoms with Crippen LogP contribution in [0.3, 0.4) is 0 Å². The summed E-state index contributed by atoms with van der Waals surface area (Å²) in [4.78, 5) is 35.9. The van der Waals surface area contributed by atoms with E-state index in [1.165, 1.54) is 13.2 Å². The molecule has 1 fully saturated rings. The van der Waals surface area contributed by atoms with Gasteiger partial charge in [-0.25, -0.2) is 14.9 Å². The van der Waals surface area contributed by atoms with E-state index >= 15 is 0 Å². The number of alkyl carbamates (subject to hydrolysis) is 1. The molecule has 5 rings (SSSR count). The predicted octanol–water partition coefficient (Wildman–Crippen LogP) is 1.68. The zero-order chi connectivity index (χ0) is 28.6. The maximum atomic E-state index is 13.5. The van der Waals surface area contributed by atoms with E-state index in [1.54, 1.807) is 17.4 Å². The van der Waals surface area contributed by atoms with Crippen LogP contribution in [0.5, 0.6) is 5.75 Å². The number of aliphatic hydroxyl groups excluding tert-OH is 3. The highest BCUT2D eigenvalue weighted by Crippen LogP contribution is 2.42. The molecule has 12 nitrogen and oxygen atoms in total. The number of carbonyl (C=O) groups excluding carboxylic acids is 3. The van der Waals surface area contributed by atoms with Gasteiger partial charge >= 0.3 is 12.1 Å². The van der Waals surface area contributed by atoms with Gasteiger partial charge in [0.05, 0.1) is 7.11 Å². The van der Waals surface area contributed by atoms with Crippen LogP contribution < -0.4 is 15.8 Å². The first-order chi connectivity index (χ1) is 19.2. The number of Topliss-reactive ketones (excluding diaryl/α,β-unsaturated/α-hetero) is 1. The van der Waals surface area contributed by atoms with Crippen LogP contribution in [-0.4, -0.2) is 77.6 Å². The molecule has 40 heavy (non-hydrogen) atoms. The van der Waals surface area contributed by atoms with E-state index in [2.05, 4.69) is 0 Å². The second-order valence-electron chi connectivity index (χ2n) is 9.19. The molecule has 0 aromatic heterocycles. The molecule has 3 amide bonds. The molecule has 3 aromatic rings. The van der Waals surface area contributed by atoms with Gasteiger partial charge < -0.3 is 40.0 Å². The van der Waals surface area contributed by atoms with Gasteiger partial charge in [-0.05, 0) is 28.7 Å². The van der Waals surface area contributed by atoms with Gasteiger partial charge in [0.2, 0.25) is 12.1 Å². The van der Waals surface area contributed by atoms with Crippen molar-refractivity contribution in [2.45, 2.75) is 30.7 Å². The minimum Gasteiger partial charge on any atom is -0.493 e. The van der Waals surface area contributed by atoms with Crippen molar-refractivity contribution >= 4 is 34.8 Å². The van der Waals surface area contributed by atoms with Crippen LogP contribution >= 0.6 is 0 Å². The fourth-order valence-corrected chi connectivity index (χ4v) is 4.81. The van der Waals surface area contributed by atoms with Crippen molar-refractivity contribution in [2.24, 2.45) is 5.73 Å². The number of amides is 3. The molecule has 1 aliphatic heterocycles. The molecule has 3 aromatic carbocycles. The Hall–Kier alpha value is -4.49. The Morgan fingerprint density at radius 3 is 2.42 bits per heavy atom. The van der Waals surface area contributed by atoms with E-state index in [1.807, 2.05) is 42.5 Å². The topological polar surface area (TPSA) is 187 Å². The van der Waals surface area contributed by atoms with Crippen molar-refractivity contribution in [2.75, 3.05) is 13.7 Å². The van der Waals surface area contributed by atoms with Crippen LogP contribution in [0.2, 0.25) is 0 Å². The van der Waals surface area contributed by atoms with Crippen molar-refractivity contribution in [1.82, 2.24) is 5.32 Å². The number of hydrogen-bond acceptors (Lipinski definition) is 10. The van der Waals surface area contributed by atoms with E-state index in [4.69, 9.17) is 24.7 Å².